The third-order valence-electron chi connectivity index (χ3n) is 6.41. The summed E-state index contributed by atoms with van der Waals surface area (Å²) in [5.74, 6) is 8.89. The fraction of sp³-hybridized carbons (Fsp3) is 0.444. The molecule has 150 valence electrons. The molecule has 0 heterocycles. The molecule has 0 aromatic heterocycles. The van der Waals surface area contributed by atoms with Crippen molar-refractivity contribution in [2.75, 3.05) is 0 Å². The van der Waals surface area contributed by atoms with Crippen molar-refractivity contribution in [1.82, 2.24) is 0 Å². The molecule has 0 N–H and O–H groups in total. The van der Waals surface area contributed by atoms with Crippen molar-refractivity contribution in [2.24, 2.45) is 11.8 Å². The normalized spacial score (nSPS) is 19.7. The van der Waals surface area contributed by atoms with Gasteiger partial charge in [-0.1, -0.05) is 55.8 Å². The van der Waals surface area contributed by atoms with Crippen LogP contribution in [0.4, 0.5) is 0 Å². The smallest absolute Gasteiger partial charge is 0.101 e. The highest BCUT2D eigenvalue weighted by Crippen LogP contribution is 2.38. The van der Waals surface area contributed by atoms with Gasteiger partial charge in [0.25, 0.3) is 0 Å². The molecular weight excluding hydrogens is 374 g/mol. The van der Waals surface area contributed by atoms with Crippen LogP contribution in [-0.4, -0.2) is 0 Å². The van der Waals surface area contributed by atoms with E-state index in [4.69, 9.17) is 16.9 Å². The summed E-state index contributed by atoms with van der Waals surface area (Å²) in [7, 11) is 0. The molecule has 1 atom stereocenters. The molecular formula is C27H30ClN. The minimum atomic E-state index is 0.469. The molecule has 0 amide bonds. The molecule has 2 aromatic rings. The lowest BCUT2D eigenvalue weighted by Crippen LogP contribution is -2.15. The Morgan fingerprint density at radius 1 is 1.03 bits per heavy atom. The Bertz CT molecular complexity index is 908. The Morgan fingerprint density at radius 3 is 2.28 bits per heavy atom. The standard InChI is InChI=1S/C27H30ClN/c1-4-19(2)15-22-9-13-25(14-10-22)24-11-7-21(8-12-24)5-6-23-16-20(3)26(18-29)27(28)17-23/h7-8,11-12,16-17,19,22,25H,4,9-10,13-15H2,1-3H3. The highest BCUT2D eigenvalue weighted by molar-refractivity contribution is 6.32. The fourth-order valence-electron chi connectivity index (χ4n) is 4.41. The molecule has 1 aliphatic rings. The lowest BCUT2D eigenvalue weighted by molar-refractivity contribution is 0.273. The van der Waals surface area contributed by atoms with Gasteiger partial charge in [0.15, 0.2) is 0 Å². The molecule has 0 spiro atoms. The number of aryl methyl sites for hydroxylation is 1. The summed E-state index contributed by atoms with van der Waals surface area (Å²) in [5.41, 5.74) is 4.70. The second kappa shape index (κ2) is 10.0. The molecule has 3 rings (SSSR count). The van der Waals surface area contributed by atoms with Crippen LogP contribution in [-0.2, 0) is 0 Å². The molecule has 1 saturated carbocycles. The maximum Gasteiger partial charge on any atom is 0.101 e. The Hall–Kier alpha value is -2.22. The van der Waals surface area contributed by atoms with E-state index in [1.165, 1.54) is 44.1 Å². The zero-order valence-corrected chi connectivity index (χ0v) is 18.5. The third kappa shape index (κ3) is 5.65. The van der Waals surface area contributed by atoms with Crippen LogP contribution in [0.1, 0.15) is 86.1 Å². The van der Waals surface area contributed by atoms with Crippen LogP contribution in [0.2, 0.25) is 5.02 Å². The van der Waals surface area contributed by atoms with E-state index in [1.54, 1.807) is 6.07 Å². The van der Waals surface area contributed by atoms with Crippen LogP contribution in [0.5, 0.6) is 0 Å². The minimum absolute atomic E-state index is 0.469. The number of halogens is 1. The topological polar surface area (TPSA) is 23.8 Å². The number of nitrogens with zero attached hydrogens (tertiary/aromatic N) is 1. The maximum atomic E-state index is 9.13. The van der Waals surface area contributed by atoms with Gasteiger partial charge in [-0.05, 0) is 92.2 Å². The SMILES string of the molecule is CCC(C)CC1CCC(c2ccc(C#Cc3cc(C)c(C#N)c(Cl)c3)cc2)CC1. The van der Waals surface area contributed by atoms with E-state index in [2.05, 4.69) is 56.0 Å². The first-order valence-corrected chi connectivity index (χ1v) is 11.2. The van der Waals surface area contributed by atoms with E-state index >= 15 is 0 Å². The van der Waals surface area contributed by atoms with Gasteiger partial charge in [0.05, 0.1) is 10.6 Å². The van der Waals surface area contributed by atoms with Crippen molar-refractivity contribution in [2.45, 2.75) is 65.2 Å². The van der Waals surface area contributed by atoms with E-state index in [0.29, 0.717) is 16.5 Å². The van der Waals surface area contributed by atoms with Crippen molar-refractivity contribution in [3.8, 4) is 17.9 Å². The molecule has 0 saturated heterocycles. The molecule has 29 heavy (non-hydrogen) atoms. The first kappa shape index (κ1) is 21.5. The summed E-state index contributed by atoms with van der Waals surface area (Å²) < 4.78 is 0. The predicted molar refractivity (Wildman–Crippen MR) is 122 cm³/mol. The molecule has 2 aromatic carbocycles. The maximum absolute atomic E-state index is 9.13. The number of hydrogen-bond acceptors (Lipinski definition) is 1. The lowest BCUT2D eigenvalue weighted by atomic mass is 9.75. The van der Waals surface area contributed by atoms with Crippen LogP contribution in [0, 0.1) is 41.9 Å². The second-order valence-corrected chi connectivity index (χ2v) is 9.01. The lowest BCUT2D eigenvalue weighted by Gasteiger charge is -2.30. The summed E-state index contributed by atoms with van der Waals surface area (Å²) in [6, 6.07) is 14.6. The van der Waals surface area contributed by atoms with Gasteiger partial charge in [-0.25, -0.2) is 0 Å². The molecule has 0 bridgehead atoms. The zero-order chi connectivity index (χ0) is 20.8. The summed E-state index contributed by atoms with van der Waals surface area (Å²) in [4.78, 5) is 0. The quantitative estimate of drug-likeness (QED) is 0.481. The predicted octanol–water partition coefficient (Wildman–Crippen LogP) is 7.63. The van der Waals surface area contributed by atoms with Gasteiger partial charge in [0.2, 0.25) is 0 Å². The number of nitriles is 1. The van der Waals surface area contributed by atoms with Gasteiger partial charge in [-0.15, -0.1) is 0 Å². The monoisotopic (exact) mass is 403 g/mol. The molecule has 2 heteroatoms. The van der Waals surface area contributed by atoms with E-state index in [-0.39, 0.29) is 0 Å². The van der Waals surface area contributed by atoms with Crippen LogP contribution >= 0.6 is 11.6 Å². The Balaban J connectivity index is 1.62. The van der Waals surface area contributed by atoms with Crippen molar-refractivity contribution >= 4 is 11.6 Å². The number of hydrogen-bond donors (Lipinski definition) is 0. The molecule has 1 fully saturated rings. The Labute approximate surface area is 181 Å². The number of rotatable bonds is 4. The average molecular weight is 404 g/mol. The summed E-state index contributed by atoms with van der Waals surface area (Å²) in [6.45, 7) is 6.58. The van der Waals surface area contributed by atoms with Gasteiger partial charge in [-0.2, -0.15) is 5.26 Å². The molecule has 1 unspecified atom stereocenters. The van der Waals surface area contributed by atoms with Crippen molar-refractivity contribution in [3.63, 3.8) is 0 Å². The van der Waals surface area contributed by atoms with Gasteiger partial charge < -0.3 is 0 Å². The highest BCUT2D eigenvalue weighted by atomic mass is 35.5. The van der Waals surface area contributed by atoms with Crippen LogP contribution < -0.4 is 0 Å². The second-order valence-electron chi connectivity index (χ2n) is 8.60. The average Bonchev–Trinajstić information content (AvgIpc) is 2.73. The van der Waals surface area contributed by atoms with Crippen molar-refractivity contribution in [1.29, 1.82) is 5.26 Å². The van der Waals surface area contributed by atoms with Gasteiger partial charge in [-0.3, -0.25) is 0 Å². The van der Waals surface area contributed by atoms with Crippen LogP contribution in [0.3, 0.4) is 0 Å². The van der Waals surface area contributed by atoms with E-state index in [9.17, 15) is 0 Å². The number of benzene rings is 2. The van der Waals surface area contributed by atoms with E-state index in [0.717, 1.165) is 28.5 Å². The van der Waals surface area contributed by atoms with Crippen LogP contribution in [0.25, 0.3) is 0 Å². The van der Waals surface area contributed by atoms with E-state index in [1.807, 2.05) is 13.0 Å². The first-order chi connectivity index (χ1) is 14.0. The molecule has 1 aliphatic carbocycles. The molecule has 0 aliphatic heterocycles. The first-order valence-electron chi connectivity index (χ1n) is 10.8. The van der Waals surface area contributed by atoms with Gasteiger partial charge >= 0.3 is 0 Å². The van der Waals surface area contributed by atoms with Gasteiger partial charge in [0, 0.05) is 11.1 Å². The Kier molecular flexibility index (Phi) is 7.41. The minimum Gasteiger partial charge on any atom is -0.192 e. The summed E-state index contributed by atoms with van der Waals surface area (Å²) in [5, 5.41) is 9.59. The fourth-order valence-corrected chi connectivity index (χ4v) is 4.72. The summed E-state index contributed by atoms with van der Waals surface area (Å²) in [6.07, 6.45) is 8.07. The Morgan fingerprint density at radius 2 is 1.69 bits per heavy atom. The van der Waals surface area contributed by atoms with Crippen molar-refractivity contribution in [3.05, 3.63) is 69.2 Å². The molecule has 0 radical (unpaired) electrons. The largest absolute Gasteiger partial charge is 0.192 e. The van der Waals surface area contributed by atoms with E-state index < -0.39 is 0 Å². The highest BCUT2D eigenvalue weighted by Gasteiger charge is 2.23. The van der Waals surface area contributed by atoms with Gasteiger partial charge in [0.1, 0.15) is 6.07 Å². The zero-order valence-electron chi connectivity index (χ0n) is 17.8. The van der Waals surface area contributed by atoms with Crippen LogP contribution in [0.15, 0.2) is 36.4 Å². The molecule has 1 nitrogen and oxygen atoms in total. The summed E-state index contributed by atoms with van der Waals surface area (Å²) >= 11 is 6.18. The van der Waals surface area contributed by atoms with Crippen molar-refractivity contribution < 1.29 is 0 Å². The third-order valence-corrected chi connectivity index (χ3v) is 6.71.